The van der Waals surface area contributed by atoms with Crippen molar-refractivity contribution in [2.75, 3.05) is 39.6 Å². The average Bonchev–Trinajstić information content (AvgIpc) is 3.24. The molecule has 9 nitrogen and oxygen atoms in total. The van der Waals surface area contributed by atoms with Gasteiger partial charge in [0.2, 0.25) is 8.32 Å². The summed E-state index contributed by atoms with van der Waals surface area (Å²) in [7, 11) is -2.02. The summed E-state index contributed by atoms with van der Waals surface area (Å²) in [5.41, 5.74) is 2.16. The van der Waals surface area contributed by atoms with Crippen molar-refractivity contribution in [2.45, 2.75) is 109 Å². The Kier molecular flexibility index (Phi) is 15.6. The van der Waals surface area contributed by atoms with E-state index in [9.17, 15) is 10.2 Å². The summed E-state index contributed by atoms with van der Waals surface area (Å²) in [6.45, 7) is 17.6. The average molecular weight is 649 g/mol. The minimum absolute atomic E-state index is 0.0341. The van der Waals surface area contributed by atoms with Gasteiger partial charge in [-0.1, -0.05) is 102 Å². The molecule has 1 saturated heterocycles. The van der Waals surface area contributed by atoms with Crippen molar-refractivity contribution in [1.29, 1.82) is 0 Å². The first-order valence-electron chi connectivity index (χ1n) is 16.3. The minimum Gasteiger partial charge on any atom is -0.392 e. The molecule has 2 N–H and O–H groups in total. The molecule has 2 unspecified atom stereocenters. The molecule has 0 saturated carbocycles. The number of rotatable bonds is 21. The van der Waals surface area contributed by atoms with E-state index in [1.165, 1.54) is 0 Å². The molecule has 1 fully saturated rings. The number of hydrogen-bond acceptors (Lipinski definition) is 9. The van der Waals surface area contributed by atoms with Gasteiger partial charge in [-0.05, 0) is 34.7 Å². The van der Waals surface area contributed by atoms with Crippen LogP contribution in [0.5, 0.6) is 0 Å². The van der Waals surface area contributed by atoms with Gasteiger partial charge in [0, 0.05) is 0 Å². The summed E-state index contributed by atoms with van der Waals surface area (Å²) in [5.74, 6) is 0. The van der Waals surface area contributed by atoms with Gasteiger partial charge in [0.05, 0.1) is 52.9 Å². The molecule has 5 atom stereocenters. The lowest BCUT2D eigenvalue weighted by Gasteiger charge is -2.43. The van der Waals surface area contributed by atoms with Gasteiger partial charge in [-0.3, -0.25) is 0 Å². The van der Waals surface area contributed by atoms with E-state index in [4.69, 9.17) is 32.8 Å². The highest BCUT2D eigenvalue weighted by Gasteiger charge is 2.56. The zero-order valence-electron chi connectivity index (χ0n) is 28.2. The first-order chi connectivity index (χ1) is 21.5. The molecule has 2 aromatic carbocycles. The number of benzene rings is 2. The standard InChI is InChI=1S/C35H56O9Si/c1-26(2)45(27(3)4,28(5)6)44-29(7)41-21-20-38-18-19-39-24-35(25-40-22-30-14-10-8-11-15-30)33(32(36)34(37)43-35)42-23-31-16-12-9-13-17-31/h8-17,26-29,32-34,36-37H,18-25H2,1-7H3/t29?,32-,33+,34?,35-/m1/s1. The summed E-state index contributed by atoms with van der Waals surface area (Å²) in [4.78, 5) is 0. The van der Waals surface area contributed by atoms with Crippen LogP contribution in [0.25, 0.3) is 0 Å². The highest BCUT2D eigenvalue weighted by atomic mass is 28.4. The van der Waals surface area contributed by atoms with E-state index in [2.05, 4.69) is 41.5 Å². The Balaban J connectivity index is 1.50. The second-order valence-electron chi connectivity index (χ2n) is 12.8. The Morgan fingerprint density at radius 1 is 0.689 bits per heavy atom. The molecule has 3 rings (SSSR count). The van der Waals surface area contributed by atoms with E-state index in [1.807, 2.05) is 67.6 Å². The molecule has 0 aromatic heterocycles. The van der Waals surface area contributed by atoms with E-state index in [0.29, 0.717) is 43.1 Å². The predicted molar refractivity (Wildman–Crippen MR) is 176 cm³/mol. The van der Waals surface area contributed by atoms with E-state index in [-0.39, 0.29) is 32.7 Å². The number of ether oxygens (including phenoxy) is 6. The van der Waals surface area contributed by atoms with Gasteiger partial charge in [0.1, 0.15) is 24.1 Å². The summed E-state index contributed by atoms with van der Waals surface area (Å²) < 4.78 is 42.5. The maximum atomic E-state index is 10.8. The molecule has 0 spiro atoms. The summed E-state index contributed by atoms with van der Waals surface area (Å²) >= 11 is 0. The maximum absolute atomic E-state index is 10.8. The maximum Gasteiger partial charge on any atom is 0.203 e. The van der Waals surface area contributed by atoms with Crippen LogP contribution in [0.3, 0.4) is 0 Å². The molecule has 0 amide bonds. The third-order valence-corrected chi connectivity index (χ3v) is 14.7. The van der Waals surface area contributed by atoms with Crippen molar-refractivity contribution in [2.24, 2.45) is 0 Å². The van der Waals surface area contributed by atoms with Gasteiger partial charge in [0.15, 0.2) is 6.29 Å². The quantitative estimate of drug-likeness (QED) is 0.0984. The van der Waals surface area contributed by atoms with Crippen molar-refractivity contribution in [1.82, 2.24) is 0 Å². The minimum atomic E-state index is -2.02. The topological polar surface area (TPSA) is 105 Å². The van der Waals surface area contributed by atoms with E-state index in [0.717, 1.165) is 11.1 Å². The Morgan fingerprint density at radius 3 is 1.78 bits per heavy atom. The zero-order chi connectivity index (χ0) is 32.9. The Bertz CT molecular complexity index is 1050. The third kappa shape index (κ3) is 10.7. The summed E-state index contributed by atoms with van der Waals surface area (Å²) in [6, 6.07) is 19.4. The molecule has 2 aromatic rings. The highest BCUT2D eigenvalue weighted by Crippen LogP contribution is 2.43. The fourth-order valence-electron chi connectivity index (χ4n) is 6.51. The van der Waals surface area contributed by atoms with Gasteiger partial charge in [-0.25, -0.2) is 0 Å². The van der Waals surface area contributed by atoms with Crippen LogP contribution in [-0.2, 0) is 46.1 Å². The van der Waals surface area contributed by atoms with Gasteiger partial charge in [0.25, 0.3) is 0 Å². The fourth-order valence-corrected chi connectivity index (χ4v) is 12.0. The van der Waals surface area contributed by atoms with Crippen molar-refractivity contribution in [3.63, 3.8) is 0 Å². The third-order valence-electron chi connectivity index (χ3n) is 8.58. The van der Waals surface area contributed by atoms with Gasteiger partial charge in [-0.2, -0.15) is 0 Å². The van der Waals surface area contributed by atoms with Crippen LogP contribution in [0.4, 0.5) is 0 Å². The normalized spacial score (nSPS) is 23.0. The van der Waals surface area contributed by atoms with Crippen molar-refractivity contribution in [3.8, 4) is 0 Å². The van der Waals surface area contributed by atoms with E-state index in [1.54, 1.807) is 0 Å². The second kappa shape index (κ2) is 18.6. The molecule has 0 bridgehead atoms. The van der Waals surface area contributed by atoms with Crippen LogP contribution < -0.4 is 0 Å². The molecule has 10 heteroatoms. The van der Waals surface area contributed by atoms with Gasteiger partial charge >= 0.3 is 0 Å². The molecule has 0 aliphatic carbocycles. The van der Waals surface area contributed by atoms with Crippen LogP contribution in [-0.4, -0.2) is 88.6 Å². The number of aliphatic hydroxyl groups is 2. The molecule has 1 aliphatic rings. The van der Waals surface area contributed by atoms with E-state index >= 15 is 0 Å². The smallest absolute Gasteiger partial charge is 0.203 e. The monoisotopic (exact) mass is 648 g/mol. The van der Waals surface area contributed by atoms with Crippen molar-refractivity contribution >= 4 is 8.32 Å². The molecule has 0 radical (unpaired) electrons. The molecule has 1 heterocycles. The molecular formula is C35H56O9Si. The van der Waals surface area contributed by atoms with Crippen LogP contribution in [0.15, 0.2) is 60.7 Å². The van der Waals surface area contributed by atoms with Crippen LogP contribution in [0.1, 0.15) is 59.6 Å². The SMILES string of the molecule is CC(OCCOCCOC[C@]1(COCc2ccccc2)OC(O)[C@H](O)[C@@H]1OCc1ccccc1)O[Si](C(C)C)(C(C)C)C(C)C. The summed E-state index contributed by atoms with van der Waals surface area (Å²) in [5, 5.41) is 21.3. The zero-order valence-corrected chi connectivity index (χ0v) is 29.2. The van der Waals surface area contributed by atoms with Crippen molar-refractivity contribution < 1.29 is 43.1 Å². The predicted octanol–water partition coefficient (Wildman–Crippen LogP) is 5.82. The molecule has 254 valence electrons. The first kappa shape index (κ1) is 37.8. The number of aliphatic hydroxyl groups excluding tert-OH is 2. The van der Waals surface area contributed by atoms with Gasteiger partial charge < -0.3 is 43.1 Å². The van der Waals surface area contributed by atoms with Crippen LogP contribution >= 0.6 is 0 Å². The number of hydrogen-bond donors (Lipinski definition) is 2. The first-order valence-corrected chi connectivity index (χ1v) is 18.4. The fraction of sp³-hybridized carbons (Fsp3) is 0.657. The Morgan fingerprint density at radius 2 is 1.20 bits per heavy atom. The second-order valence-corrected chi connectivity index (χ2v) is 18.2. The van der Waals surface area contributed by atoms with E-state index < -0.39 is 32.4 Å². The lowest BCUT2D eigenvalue weighted by molar-refractivity contribution is -0.208. The molecular weight excluding hydrogens is 592 g/mol. The molecule has 1 aliphatic heterocycles. The van der Waals surface area contributed by atoms with Crippen LogP contribution in [0.2, 0.25) is 16.6 Å². The van der Waals surface area contributed by atoms with Gasteiger partial charge in [-0.15, -0.1) is 0 Å². The summed E-state index contributed by atoms with van der Waals surface area (Å²) in [6.07, 6.45) is -3.88. The van der Waals surface area contributed by atoms with Crippen molar-refractivity contribution in [3.05, 3.63) is 71.8 Å². The van der Waals surface area contributed by atoms with Crippen LogP contribution in [0, 0.1) is 0 Å². The Labute approximate surface area is 271 Å². The lowest BCUT2D eigenvalue weighted by atomic mass is 9.96. The highest BCUT2D eigenvalue weighted by molar-refractivity contribution is 6.77. The Hall–Kier alpha value is -1.70. The lowest BCUT2D eigenvalue weighted by Crippen LogP contribution is -2.52. The molecule has 45 heavy (non-hydrogen) atoms. The largest absolute Gasteiger partial charge is 0.392 e.